The molecule has 0 radical (unpaired) electrons. The number of aliphatic carboxylic acids is 2. The number of carboxylic acid groups (broad SMARTS) is 2. The first-order valence-electron chi connectivity index (χ1n) is 4.94. The monoisotopic (exact) mass is 302 g/mol. The van der Waals surface area contributed by atoms with Crippen LogP contribution in [0.15, 0.2) is 18.3 Å². The van der Waals surface area contributed by atoms with Gasteiger partial charge in [0.25, 0.3) is 5.69 Å². The van der Waals surface area contributed by atoms with Crippen LogP contribution in [-0.2, 0) is 9.59 Å². The minimum atomic E-state index is -1.15. The fourth-order valence-corrected chi connectivity index (χ4v) is 1.45. The van der Waals surface area contributed by atoms with E-state index in [0.29, 0.717) is 0 Å². The smallest absolute Gasteiger partial charge is 1.00 e. The Hall–Kier alpha value is -0.510. The molecule has 0 saturated heterocycles. The summed E-state index contributed by atoms with van der Waals surface area (Å²) in [6.07, 6.45) is 0.195. The SMILES string of the molecule is O=C(O)CC(CC(=O)O)c1ccc([N+](=O)[O-])cn1.[H-].[H-].[Na+].[Na+]. The van der Waals surface area contributed by atoms with Crippen molar-refractivity contribution in [3.63, 3.8) is 0 Å². The van der Waals surface area contributed by atoms with Gasteiger partial charge in [-0.2, -0.15) is 0 Å². The van der Waals surface area contributed by atoms with Gasteiger partial charge in [0.15, 0.2) is 0 Å². The van der Waals surface area contributed by atoms with Gasteiger partial charge in [-0.1, -0.05) is 0 Å². The number of carbonyl (C=O) groups is 2. The van der Waals surface area contributed by atoms with Gasteiger partial charge in [-0.3, -0.25) is 24.7 Å². The molecule has 0 aliphatic heterocycles. The first-order valence-corrected chi connectivity index (χ1v) is 4.94. The third-order valence-electron chi connectivity index (χ3n) is 2.24. The van der Waals surface area contributed by atoms with Crippen molar-refractivity contribution >= 4 is 17.6 Å². The minimum Gasteiger partial charge on any atom is -1.00 e. The van der Waals surface area contributed by atoms with Gasteiger partial charge in [-0.25, -0.2) is 0 Å². The maximum absolute atomic E-state index is 10.6. The molecule has 1 aromatic heterocycles. The van der Waals surface area contributed by atoms with Crippen LogP contribution in [0, 0.1) is 10.1 Å². The van der Waals surface area contributed by atoms with Gasteiger partial charge in [-0.15, -0.1) is 0 Å². The summed E-state index contributed by atoms with van der Waals surface area (Å²) in [6.45, 7) is 0. The molecule has 0 spiro atoms. The Morgan fingerprint density at radius 2 is 1.75 bits per heavy atom. The second-order valence-electron chi connectivity index (χ2n) is 3.59. The van der Waals surface area contributed by atoms with E-state index >= 15 is 0 Å². The molecule has 0 fully saturated rings. The number of hydrogen-bond acceptors (Lipinski definition) is 5. The van der Waals surface area contributed by atoms with E-state index in [4.69, 9.17) is 10.2 Å². The number of nitro groups is 1. The summed E-state index contributed by atoms with van der Waals surface area (Å²) in [5, 5.41) is 27.8. The Morgan fingerprint density at radius 1 is 1.25 bits per heavy atom. The standard InChI is InChI=1S/C10H10N2O6.2Na.2H/c13-9(14)3-6(4-10(15)16)8-2-1-7(5-11-8)12(17)18;;;;/h1-2,5-6H,3-4H2,(H,13,14)(H,15,16);;;;/q;2*+1;2*-1. The van der Waals surface area contributed by atoms with E-state index in [-0.39, 0.29) is 73.3 Å². The van der Waals surface area contributed by atoms with Crippen LogP contribution < -0.4 is 59.1 Å². The van der Waals surface area contributed by atoms with Crippen molar-refractivity contribution in [1.82, 2.24) is 4.98 Å². The van der Waals surface area contributed by atoms with Crippen molar-refractivity contribution in [1.29, 1.82) is 0 Å². The van der Waals surface area contributed by atoms with E-state index in [0.717, 1.165) is 6.20 Å². The molecular formula is C10H12N2Na2O6. The zero-order valence-corrected chi connectivity index (χ0v) is 15.1. The Morgan fingerprint density at radius 3 is 2.05 bits per heavy atom. The molecule has 1 rings (SSSR count). The predicted octanol–water partition coefficient (Wildman–Crippen LogP) is -4.74. The van der Waals surface area contributed by atoms with E-state index in [9.17, 15) is 19.7 Å². The molecule has 1 heterocycles. The van der Waals surface area contributed by atoms with Crippen LogP contribution in [0.3, 0.4) is 0 Å². The molecule has 20 heavy (non-hydrogen) atoms. The molecule has 0 saturated carbocycles. The molecule has 0 aromatic carbocycles. The number of hydrogen-bond donors (Lipinski definition) is 2. The van der Waals surface area contributed by atoms with E-state index in [2.05, 4.69) is 4.98 Å². The molecule has 0 amide bonds. The molecule has 1 aromatic rings. The molecule has 0 atom stereocenters. The third kappa shape index (κ3) is 7.32. The molecule has 8 nitrogen and oxygen atoms in total. The molecule has 0 aliphatic rings. The van der Waals surface area contributed by atoms with E-state index in [1.165, 1.54) is 12.1 Å². The number of pyridine rings is 1. The summed E-state index contributed by atoms with van der Waals surface area (Å²) in [5.74, 6) is -3.11. The van der Waals surface area contributed by atoms with Gasteiger partial charge in [0.1, 0.15) is 6.20 Å². The van der Waals surface area contributed by atoms with Crippen LogP contribution in [0.2, 0.25) is 0 Å². The average molecular weight is 302 g/mol. The van der Waals surface area contributed by atoms with Crippen LogP contribution in [0.4, 0.5) is 5.69 Å². The summed E-state index contributed by atoms with van der Waals surface area (Å²) in [5.41, 5.74) is -0.0199. The van der Waals surface area contributed by atoms with Crippen molar-refractivity contribution in [3.05, 3.63) is 34.1 Å². The molecule has 0 unspecified atom stereocenters. The largest absolute Gasteiger partial charge is 1.00 e. The summed E-state index contributed by atoms with van der Waals surface area (Å²) in [6, 6.07) is 2.44. The Kier molecular flexibility index (Phi) is 11.2. The van der Waals surface area contributed by atoms with Crippen LogP contribution in [0.25, 0.3) is 0 Å². The molecular weight excluding hydrogens is 290 g/mol. The molecule has 100 valence electrons. The van der Waals surface area contributed by atoms with Crippen molar-refractivity contribution in [3.8, 4) is 0 Å². The van der Waals surface area contributed by atoms with E-state index in [1.54, 1.807) is 0 Å². The maximum atomic E-state index is 10.6. The normalized spacial score (nSPS) is 9.25. The second kappa shape index (κ2) is 10.3. The fraction of sp³-hybridized carbons (Fsp3) is 0.300. The molecule has 0 bridgehead atoms. The Bertz CT molecular complexity index is 473. The second-order valence-corrected chi connectivity index (χ2v) is 3.59. The van der Waals surface area contributed by atoms with Crippen LogP contribution in [0.5, 0.6) is 0 Å². The van der Waals surface area contributed by atoms with E-state index in [1.807, 2.05) is 0 Å². The Balaban J connectivity index is -0.000000405. The summed E-state index contributed by atoms with van der Waals surface area (Å²) >= 11 is 0. The zero-order chi connectivity index (χ0) is 13.7. The number of nitrogens with zero attached hydrogens (tertiary/aromatic N) is 2. The average Bonchev–Trinajstić information content (AvgIpc) is 2.27. The minimum absolute atomic E-state index is 0. The first-order chi connectivity index (χ1) is 8.40. The zero-order valence-electron chi connectivity index (χ0n) is 13.1. The van der Waals surface area contributed by atoms with Crippen LogP contribution in [-0.4, -0.2) is 32.1 Å². The van der Waals surface area contributed by atoms with Crippen molar-refractivity contribution < 1.29 is 86.7 Å². The first kappa shape index (κ1) is 21.8. The maximum Gasteiger partial charge on any atom is 1.00 e. The summed E-state index contributed by atoms with van der Waals surface area (Å²) in [4.78, 5) is 34.7. The van der Waals surface area contributed by atoms with Gasteiger partial charge in [0.2, 0.25) is 0 Å². The number of aromatic nitrogens is 1. The number of carboxylic acids is 2. The predicted molar refractivity (Wildman–Crippen MR) is 60.4 cm³/mol. The number of rotatable bonds is 6. The van der Waals surface area contributed by atoms with Gasteiger partial charge in [0, 0.05) is 17.7 Å². The Labute approximate surface area is 161 Å². The van der Waals surface area contributed by atoms with Crippen LogP contribution in [0.1, 0.15) is 27.3 Å². The van der Waals surface area contributed by atoms with Crippen molar-refractivity contribution in [2.24, 2.45) is 0 Å². The van der Waals surface area contributed by atoms with Crippen molar-refractivity contribution in [2.45, 2.75) is 18.8 Å². The summed E-state index contributed by atoms with van der Waals surface area (Å²) in [7, 11) is 0. The quantitative estimate of drug-likeness (QED) is 0.306. The van der Waals surface area contributed by atoms with Crippen molar-refractivity contribution in [2.75, 3.05) is 0 Å². The third-order valence-corrected chi connectivity index (χ3v) is 2.24. The van der Waals surface area contributed by atoms with E-state index < -0.39 is 35.6 Å². The molecule has 10 heteroatoms. The fourth-order valence-electron chi connectivity index (χ4n) is 1.45. The van der Waals surface area contributed by atoms with Gasteiger partial charge in [-0.05, 0) is 6.07 Å². The molecule has 0 aliphatic carbocycles. The van der Waals surface area contributed by atoms with Gasteiger partial charge < -0.3 is 13.1 Å². The van der Waals surface area contributed by atoms with Gasteiger partial charge >= 0.3 is 71.1 Å². The topological polar surface area (TPSA) is 131 Å². The molecule has 2 N–H and O–H groups in total. The van der Waals surface area contributed by atoms with Crippen LogP contribution >= 0.6 is 0 Å². The van der Waals surface area contributed by atoms with Gasteiger partial charge in [0.05, 0.1) is 17.8 Å². The summed E-state index contributed by atoms with van der Waals surface area (Å²) < 4.78 is 0.